The Balaban J connectivity index is 2.02. The molecule has 4 heteroatoms. The maximum atomic E-state index is 11.7. The van der Waals surface area contributed by atoms with Crippen LogP contribution in [-0.4, -0.2) is 16.0 Å². The second-order valence-electron chi connectivity index (χ2n) is 3.84. The Morgan fingerprint density at radius 1 is 1.47 bits per heavy atom. The zero-order chi connectivity index (χ0) is 10.7. The van der Waals surface area contributed by atoms with Crippen molar-refractivity contribution >= 4 is 11.7 Å². The molecule has 0 aliphatic heterocycles. The van der Waals surface area contributed by atoms with E-state index in [0.717, 1.165) is 25.7 Å². The molecule has 0 bridgehead atoms. The van der Waals surface area contributed by atoms with Crippen LogP contribution in [0.25, 0.3) is 0 Å². The number of aromatic hydroxyl groups is 1. The largest absolute Gasteiger partial charge is 0.504 e. The van der Waals surface area contributed by atoms with Gasteiger partial charge >= 0.3 is 0 Å². The van der Waals surface area contributed by atoms with Gasteiger partial charge in [0, 0.05) is 12.1 Å². The zero-order valence-electron chi connectivity index (χ0n) is 8.44. The zero-order valence-corrected chi connectivity index (χ0v) is 8.44. The molecule has 0 atom stereocenters. The van der Waals surface area contributed by atoms with Crippen molar-refractivity contribution < 1.29 is 9.90 Å². The topological polar surface area (TPSA) is 62.2 Å². The van der Waals surface area contributed by atoms with Gasteiger partial charge in [-0.05, 0) is 25.0 Å². The molecule has 1 heterocycles. The van der Waals surface area contributed by atoms with Gasteiger partial charge in [0.25, 0.3) is 0 Å². The standard InChI is InChI=1S/C11H14N2O2/c14-9-6-3-7-12-10(9)13-11(15)8-4-1-2-5-8/h3,6-8,14H,1-2,4-5H2,(H,12,13,15). The van der Waals surface area contributed by atoms with E-state index in [0.29, 0.717) is 0 Å². The van der Waals surface area contributed by atoms with Gasteiger partial charge in [-0.1, -0.05) is 12.8 Å². The number of pyridine rings is 1. The van der Waals surface area contributed by atoms with Crippen LogP contribution in [0.3, 0.4) is 0 Å². The summed E-state index contributed by atoms with van der Waals surface area (Å²) in [6.45, 7) is 0. The molecule has 2 rings (SSSR count). The van der Waals surface area contributed by atoms with Crippen LogP contribution < -0.4 is 5.32 Å². The van der Waals surface area contributed by atoms with Crippen molar-refractivity contribution in [1.29, 1.82) is 0 Å². The van der Waals surface area contributed by atoms with Crippen molar-refractivity contribution in [3.8, 4) is 5.75 Å². The molecule has 1 aromatic rings. The van der Waals surface area contributed by atoms with Gasteiger partial charge in [0.15, 0.2) is 11.6 Å². The fourth-order valence-corrected chi connectivity index (χ4v) is 1.90. The Hall–Kier alpha value is -1.58. The van der Waals surface area contributed by atoms with Crippen LogP contribution in [-0.2, 0) is 4.79 Å². The van der Waals surface area contributed by atoms with Crippen molar-refractivity contribution in [2.75, 3.05) is 5.32 Å². The van der Waals surface area contributed by atoms with E-state index in [9.17, 15) is 9.90 Å². The summed E-state index contributed by atoms with van der Waals surface area (Å²) in [4.78, 5) is 15.6. The SMILES string of the molecule is O=C(Nc1ncccc1O)C1CCCC1. The molecule has 1 saturated carbocycles. The van der Waals surface area contributed by atoms with E-state index in [-0.39, 0.29) is 23.4 Å². The molecule has 0 aromatic carbocycles. The number of carbonyl (C=O) groups excluding carboxylic acids is 1. The van der Waals surface area contributed by atoms with E-state index in [4.69, 9.17) is 0 Å². The summed E-state index contributed by atoms with van der Waals surface area (Å²) >= 11 is 0. The van der Waals surface area contributed by atoms with Crippen molar-refractivity contribution in [2.24, 2.45) is 5.92 Å². The summed E-state index contributed by atoms with van der Waals surface area (Å²) in [5, 5.41) is 12.1. The minimum Gasteiger partial charge on any atom is -0.504 e. The van der Waals surface area contributed by atoms with E-state index in [2.05, 4.69) is 10.3 Å². The van der Waals surface area contributed by atoms with E-state index in [1.165, 1.54) is 6.07 Å². The predicted molar refractivity (Wildman–Crippen MR) is 56.5 cm³/mol. The van der Waals surface area contributed by atoms with Gasteiger partial charge in [-0.25, -0.2) is 4.98 Å². The van der Waals surface area contributed by atoms with E-state index >= 15 is 0 Å². The van der Waals surface area contributed by atoms with Crippen LogP contribution in [0.4, 0.5) is 5.82 Å². The summed E-state index contributed by atoms with van der Waals surface area (Å²) < 4.78 is 0. The molecule has 0 unspecified atom stereocenters. The van der Waals surface area contributed by atoms with Crippen LogP contribution in [0.1, 0.15) is 25.7 Å². The number of aromatic nitrogens is 1. The van der Waals surface area contributed by atoms with E-state index < -0.39 is 0 Å². The van der Waals surface area contributed by atoms with Crippen LogP contribution in [0, 0.1) is 5.92 Å². The number of hydrogen-bond acceptors (Lipinski definition) is 3. The van der Waals surface area contributed by atoms with Crippen molar-refractivity contribution in [1.82, 2.24) is 4.98 Å². The molecule has 1 amide bonds. The molecule has 1 aliphatic rings. The highest BCUT2D eigenvalue weighted by Gasteiger charge is 2.23. The second-order valence-corrected chi connectivity index (χ2v) is 3.84. The first-order chi connectivity index (χ1) is 7.27. The van der Waals surface area contributed by atoms with Gasteiger partial charge in [0.2, 0.25) is 5.91 Å². The third-order valence-electron chi connectivity index (χ3n) is 2.75. The van der Waals surface area contributed by atoms with Gasteiger partial charge in [0.1, 0.15) is 0 Å². The Morgan fingerprint density at radius 2 is 2.20 bits per heavy atom. The highest BCUT2D eigenvalue weighted by molar-refractivity contribution is 5.92. The van der Waals surface area contributed by atoms with Gasteiger partial charge in [-0.15, -0.1) is 0 Å². The molecule has 0 radical (unpaired) electrons. The lowest BCUT2D eigenvalue weighted by Gasteiger charge is -2.10. The first-order valence-corrected chi connectivity index (χ1v) is 5.22. The summed E-state index contributed by atoms with van der Waals surface area (Å²) in [6, 6.07) is 3.14. The number of anilines is 1. The Labute approximate surface area is 88.3 Å². The van der Waals surface area contributed by atoms with Crippen molar-refractivity contribution in [3.05, 3.63) is 18.3 Å². The number of carbonyl (C=O) groups is 1. The Kier molecular flexibility index (Phi) is 2.85. The molecule has 15 heavy (non-hydrogen) atoms. The lowest BCUT2D eigenvalue weighted by molar-refractivity contribution is -0.119. The first-order valence-electron chi connectivity index (χ1n) is 5.22. The maximum Gasteiger partial charge on any atom is 0.228 e. The number of rotatable bonds is 2. The average molecular weight is 206 g/mol. The quantitative estimate of drug-likeness (QED) is 0.777. The summed E-state index contributed by atoms with van der Waals surface area (Å²) in [5.74, 6) is 0.339. The molecule has 1 aromatic heterocycles. The first kappa shape index (κ1) is 9.96. The monoisotopic (exact) mass is 206 g/mol. The van der Waals surface area contributed by atoms with Crippen LogP contribution in [0.15, 0.2) is 18.3 Å². The van der Waals surface area contributed by atoms with Gasteiger partial charge in [-0.3, -0.25) is 4.79 Å². The average Bonchev–Trinajstić information content (AvgIpc) is 2.74. The van der Waals surface area contributed by atoms with E-state index in [1.807, 2.05) is 0 Å². The maximum absolute atomic E-state index is 11.7. The molecule has 80 valence electrons. The highest BCUT2D eigenvalue weighted by atomic mass is 16.3. The van der Waals surface area contributed by atoms with Crippen LogP contribution in [0.2, 0.25) is 0 Å². The molecule has 0 saturated heterocycles. The molecule has 4 nitrogen and oxygen atoms in total. The van der Waals surface area contributed by atoms with Crippen molar-refractivity contribution in [2.45, 2.75) is 25.7 Å². The highest BCUT2D eigenvalue weighted by Crippen LogP contribution is 2.27. The smallest absolute Gasteiger partial charge is 0.228 e. The number of nitrogens with zero attached hydrogens (tertiary/aromatic N) is 1. The summed E-state index contributed by atoms with van der Waals surface area (Å²) in [5.41, 5.74) is 0. The third-order valence-corrected chi connectivity index (χ3v) is 2.75. The van der Waals surface area contributed by atoms with Crippen molar-refractivity contribution in [3.63, 3.8) is 0 Å². The lowest BCUT2D eigenvalue weighted by atomic mass is 10.1. The lowest BCUT2D eigenvalue weighted by Crippen LogP contribution is -2.20. The third kappa shape index (κ3) is 2.26. The molecular weight excluding hydrogens is 192 g/mol. The summed E-state index contributed by atoms with van der Waals surface area (Å²) in [7, 11) is 0. The number of nitrogens with one attached hydrogen (secondary N) is 1. The molecule has 1 fully saturated rings. The minimum atomic E-state index is -0.0264. The Bertz CT molecular complexity index is 359. The van der Waals surface area contributed by atoms with E-state index in [1.54, 1.807) is 12.3 Å². The Morgan fingerprint density at radius 3 is 2.87 bits per heavy atom. The predicted octanol–water partition coefficient (Wildman–Crippen LogP) is 1.92. The van der Waals surface area contributed by atoms with Crippen LogP contribution >= 0.6 is 0 Å². The van der Waals surface area contributed by atoms with Gasteiger partial charge in [-0.2, -0.15) is 0 Å². The van der Waals surface area contributed by atoms with Gasteiger partial charge in [0.05, 0.1) is 0 Å². The fourth-order valence-electron chi connectivity index (χ4n) is 1.90. The number of amides is 1. The molecule has 0 spiro atoms. The number of hydrogen-bond donors (Lipinski definition) is 2. The second kappa shape index (κ2) is 4.29. The van der Waals surface area contributed by atoms with Crippen LogP contribution in [0.5, 0.6) is 5.75 Å². The molecule has 2 N–H and O–H groups in total. The molecular formula is C11H14N2O2. The molecule has 1 aliphatic carbocycles. The van der Waals surface area contributed by atoms with Gasteiger partial charge < -0.3 is 10.4 Å². The minimum absolute atomic E-state index is 0.0175. The normalized spacial score (nSPS) is 16.5. The fraction of sp³-hybridized carbons (Fsp3) is 0.455. The summed E-state index contributed by atoms with van der Waals surface area (Å²) in [6.07, 6.45) is 5.67.